The van der Waals surface area contributed by atoms with Gasteiger partial charge in [0.15, 0.2) is 0 Å². The van der Waals surface area contributed by atoms with Gasteiger partial charge >= 0.3 is 0 Å². The van der Waals surface area contributed by atoms with Crippen molar-refractivity contribution in [3.63, 3.8) is 0 Å². The van der Waals surface area contributed by atoms with Crippen molar-refractivity contribution in [1.29, 1.82) is 0 Å². The molecule has 0 aliphatic carbocycles. The number of nitrogens with zero attached hydrogens (tertiary/aromatic N) is 1. The normalized spacial score (nSPS) is 11.8. The van der Waals surface area contributed by atoms with Crippen molar-refractivity contribution in [3.05, 3.63) is 152 Å². The molecule has 0 saturated carbocycles. The van der Waals surface area contributed by atoms with Gasteiger partial charge in [0.1, 0.15) is 0 Å². The fourth-order valence-corrected chi connectivity index (χ4v) is 6.81. The summed E-state index contributed by atoms with van der Waals surface area (Å²) in [5, 5.41) is 7.63. The van der Waals surface area contributed by atoms with Gasteiger partial charge in [-0.3, -0.25) is 0 Å². The van der Waals surface area contributed by atoms with Gasteiger partial charge in [-0.05, 0) is 69.4 Å². The minimum Gasteiger partial charge on any atom is -0.354 e. The lowest BCUT2D eigenvalue weighted by molar-refractivity contribution is 1.18. The lowest BCUT2D eigenvalue weighted by Gasteiger charge is -2.12. The Morgan fingerprint density at radius 1 is 0.381 bits per heavy atom. The molecule has 0 unspecified atom stereocenters. The van der Waals surface area contributed by atoms with Crippen LogP contribution in [-0.4, -0.2) is 9.55 Å². The largest absolute Gasteiger partial charge is 0.354 e. The molecule has 0 fully saturated rings. The zero-order valence-electron chi connectivity index (χ0n) is 22.9. The summed E-state index contributed by atoms with van der Waals surface area (Å²) in [6.45, 7) is 0. The van der Waals surface area contributed by atoms with Crippen LogP contribution in [0.25, 0.3) is 82.3 Å². The van der Waals surface area contributed by atoms with Gasteiger partial charge in [-0.25, -0.2) is 0 Å². The van der Waals surface area contributed by atoms with Gasteiger partial charge < -0.3 is 9.55 Å². The van der Waals surface area contributed by atoms with E-state index in [1.807, 2.05) is 0 Å². The van der Waals surface area contributed by atoms with Crippen molar-refractivity contribution in [2.75, 3.05) is 0 Å². The Morgan fingerprint density at radius 2 is 1.00 bits per heavy atom. The molecule has 0 aliphatic rings. The molecule has 196 valence electrons. The molecule has 0 atom stereocenters. The number of hydrogen-bond donors (Lipinski definition) is 1. The summed E-state index contributed by atoms with van der Waals surface area (Å²) in [4.78, 5) is 3.69. The number of para-hydroxylation sites is 2. The maximum absolute atomic E-state index is 3.69. The van der Waals surface area contributed by atoms with E-state index in [1.54, 1.807) is 0 Å². The van der Waals surface area contributed by atoms with E-state index in [9.17, 15) is 0 Å². The Hall–Kier alpha value is -5.60. The minimum absolute atomic E-state index is 1.16. The highest BCUT2D eigenvalue weighted by atomic mass is 15.0. The van der Waals surface area contributed by atoms with Crippen LogP contribution in [0.2, 0.25) is 0 Å². The molecule has 0 aliphatic heterocycles. The van der Waals surface area contributed by atoms with Crippen LogP contribution in [0.3, 0.4) is 0 Å². The first-order valence-corrected chi connectivity index (χ1v) is 14.5. The molecule has 2 nitrogen and oxygen atoms in total. The molecule has 1 N–H and O–H groups in total. The van der Waals surface area contributed by atoms with Crippen molar-refractivity contribution in [3.8, 4) is 27.9 Å². The molecule has 2 heterocycles. The predicted molar refractivity (Wildman–Crippen MR) is 179 cm³/mol. The number of benzene rings is 7. The summed E-state index contributed by atoms with van der Waals surface area (Å²) < 4.78 is 2.41. The quantitative estimate of drug-likeness (QED) is 0.233. The van der Waals surface area contributed by atoms with Crippen molar-refractivity contribution >= 4 is 54.4 Å². The highest BCUT2D eigenvalue weighted by Gasteiger charge is 2.16. The zero-order valence-corrected chi connectivity index (χ0v) is 22.9. The second kappa shape index (κ2) is 8.95. The molecule has 7 aromatic carbocycles. The first-order chi connectivity index (χ1) is 20.8. The van der Waals surface area contributed by atoms with Crippen LogP contribution >= 0.6 is 0 Å². The number of H-pyrrole nitrogens is 1. The van der Waals surface area contributed by atoms with Gasteiger partial charge in [0.25, 0.3) is 0 Å². The molecule has 0 bridgehead atoms. The van der Waals surface area contributed by atoms with Crippen molar-refractivity contribution in [2.24, 2.45) is 0 Å². The number of aromatic amines is 1. The van der Waals surface area contributed by atoms with Crippen LogP contribution in [-0.2, 0) is 0 Å². The van der Waals surface area contributed by atoms with Gasteiger partial charge in [-0.15, -0.1) is 0 Å². The predicted octanol–water partition coefficient (Wildman–Crippen LogP) is 10.9. The monoisotopic (exact) mass is 534 g/mol. The Labute approximate surface area is 243 Å². The van der Waals surface area contributed by atoms with Crippen LogP contribution in [0.15, 0.2) is 152 Å². The second-order valence-electron chi connectivity index (χ2n) is 11.1. The van der Waals surface area contributed by atoms with Crippen LogP contribution in [0.1, 0.15) is 0 Å². The summed E-state index contributed by atoms with van der Waals surface area (Å²) in [6.07, 6.45) is 0. The second-order valence-corrected chi connectivity index (χ2v) is 11.1. The third-order valence-corrected chi connectivity index (χ3v) is 8.73. The molecular weight excluding hydrogens is 508 g/mol. The van der Waals surface area contributed by atoms with Gasteiger partial charge in [-0.1, -0.05) is 115 Å². The smallest absolute Gasteiger partial charge is 0.0547 e. The molecule has 2 heteroatoms. The van der Waals surface area contributed by atoms with E-state index in [-0.39, 0.29) is 0 Å². The molecule has 2 aromatic heterocycles. The number of rotatable bonds is 3. The van der Waals surface area contributed by atoms with E-state index in [4.69, 9.17) is 0 Å². The molecule has 0 radical (unpaired) electrons. The standard InChI is InChI=1S/C40H26N2/c1-2-10-26(11-3-1)27-18-21-29(22-19-27)42-38-17-9-7-13-31(38)32-23-20-28(24-39(32)42)35-25-37-40(33-14-5-4-12-30(33)35)34-15-6-8-16-36(34)41-37/h1-25,41H. The van der Waals surface area contributed by atoms with E-state index >= 15 is 0 Å². The third kappa shape index (κ3) is 3.39. The number of nitrogens with one attached hydrogen (secondary N) is 1. The molecule has 9 rings (SSSR count). The summed E-state index contributed by atoms with van der Waals surface area (Å²) in [7, 11) is 0. The highest BCUT2D eigenvalue weighted by molar-refractivity contribution is 6.23. The average Bonchev–Trinajstić information content (AvgIpc) is 3.60. The Balaban J connectivity index is 1.30. The van der Waals surface area contributed by atoms with Gasteiger partial charge in [0.05, 0.1) is 11.0 Å². The third-order valence-electron chi connectivity index (χ3n) is 8.73. The van der Waals surface area contributed by atoms with E-state index in [0.717, 1.165) is 5.69 Å². The summed E-state index contributed by atoms with van der Waals surface area (Å²) in [5.74, 6) is 0. The molecule has 0 spiro atoms. The van der Waals surface area contributed by atoms with Crippen LogP contribution in [0.4, 0.5) is 0 Å². The first-order valence-electron chi connectivity index (χ1n) is 14.5. The van der Waals surface area contributed by atoms with E-state index in [1.165, 1.54) is 76.6 Å². The number of aromatic nitrogens is 2. The molecular formula is C40H26N2. The van der Waals surface area contributed by atoms with Crippen molar-refractivity contribution in [2.45, 2.75) is 0 Å². The van der Waals surface area contributed by atoms with Crippen LogP contribution in [0, 0.1) is 0 Å². The molecule has 9 aromatic rings. The van der Waals surface area contributed by atoms with Gasteiger partial charge in [0, 0.05) is 38.3 Å². The summed E-state index contributed by atoms with van der Waals surface area (Å²) >= 11 is 0. The Kier molecular flexibility index (Phi) is 4.93. The summed E-state index contributed by atoms with van der Waals surface area (Å²) in [5.41, 5.74) is 10.8. The Morgan fingerprint density at radius 3 is 1.83 bits per heavy atom. The van der Waals surface area contributed by atoms with Gasteiger partial charge in [-0.2, -0.15) is 0 Å². The molecule has 0 saturated heterocycles. The van der Waals surface area contributed by atoms with E-state index in [0.29, 0.717) is 0 Å². The molecule has 42 heavy (non-hydrogen) atoms. The van der Waals surface area contributed by atoms with E-state index < -0.39 is 0 Å². The maximum atomic E-state index is 3.69. The molecule has 0 amide bonds. The van der Waals surface area contributed by atoms with E-state index in [2.05, 4.69) is 161 Å². The maximum Gasteiger partial charge on any atom is 0.0547 e. The lowest BCUT2D eigenvalue weighted by atomic mass is 9.94. The highest BCUT2D eigenvalue weighted by Crippen LogP contribution is 2.41. The Bertz CT molecular complexity index is 2440. The topological polar surface area (TPSA) is 20.7 Å². The lowest BCUT2D eigenvalue weighted by Crippen LogP contribution is -1.94. The van der Waals surface area contributed by atoms with Crippen LogP contribution in [0.5, 0.6) is 0 Å². The van der Waals surface area contributed by atoms with Gasteiger partial charge in [0.2, 0.25) is 0 Å². The zero-order chi connectivity index (χ0) is 27.6. The van der Waals surface area contributed by atoms with Crippen molar-refractivity contribution < 1.29 is 0 Å². The number of hydrogen-bond acceptors (Lipinski definition) is 0. The average molecular weight is 535 g/mol. The SMILES string of the molecule is c1ccc(-c2ccc(-n3c4ccccc4c4ccc(-c5cc6[nH]c7ccccc7c6c6ccccc56)cc43)cc2)cc1. The first kappa shape index (κ1) is 23.1. The van der Waals surface area contributed by atoms with Crippen LogP contribution < -0.4 is 0 Å². The fourth-order valence-electron chi connectivity index (χ4n) is 6.81. The minimum atomic E-state index is 1.16. The number of fused-ring (bicyclic) bond motifs is 8. The fraction of sp³-hybridized carbons (Fsp3) is 0. The summed E-state index contributed by atoms with van der Waals surface area (Å²) in [6, 6.07) is 54.9. The van der Waals surface area contributed by atoms with Crippen molar-refractivity contribution in [1.82, 2.24) is 9.55 Å².